The average molecular weight is 452 g/mol. The lowest BCUT2D eigenvalue weighted by atomic mass is 10.1. The molecule has 7 nitrogen and oxygen atoms in total. The van der Waals surface area contributed by atoms with Crippen LogP contribution in [0.4, 0.5) is 11.5 Å². The van der Waals surface area contributed by atoms with E-state index in [4.69, 9.17) is 4.74 Å². The van der Waals surface area contributed by atoms with Crippen molar-refractivity contribution in [1.29, 1.82) is 0 Å². The lowest BCUT2D eigenvalue weighted by Gasteiger charge is -2.24. The summed E-state index contributed by atoms with van der Waals surface area (Å²) in [6.45, 7) is 6.11. The summed E-state index contributed by atoms with van der Waals surface area (Å²) in [7, 11) is 0. The zero-order valence-electron chi connectivity index (χ0n) is 18.3. The summed E-state index contributed by atoms with van der Waals surface area (Å²) in [5.74, 6) is 1.28. The molecule has 8 heteroatoms. The predicted octanol–water partition coefficient (Wildman–Crippen LogP) is 3.95. The van der Waals surface area contributed by atoms with Crippen molar-refractivity contribution < 1.29 is 9.53 Å². The van der Waals surface area contributed by atoms with Crippen molar-refractivity contribution in [2.75, 3.05) is 49.5 Å². The monoisotopic (exact) mass is 451 g/mol. The topological polar surface area (TPSA) is 70.6 Å². The Kier molecular flexibility index (Phi) is 6.50. The Balaban J connectivity index is 1.06. The van der Waals surface area contributed by atoms with Crippen LogP contribution in [0.15, 0.2) is 35.8 Å². The summed E-state index contributed by atoms with van der Waals surface area (Å²) < 4.78 is 7.14. The minimum atomic E-state index is 0.0295. The number of amides is 1. The van der Waals surface area contributed by atoms with Crippen LogP contribution in [0.5, 0.6) is 5.88 Å². The normalized spacial score (nSPS) is 17.1. The maximum Gasteiger partial charge on any atom is 0.225 e. The Morgan fingerprint density at radius 3 is 3.00 bits per heavy atom. The van der Waals surface area contributed by atoms with E-state index in [9.17, 15) is 4.79 Å². The van der Waals surface area contributed by atoms with Crippen molar-refractivity contribution in [3.63, 3.8) is 0 Å². The molecule has 3 aromatic rings. The minimum absolute atomic E-state index is 0.0295. The van der Waals surface area contributed by atoms with E-state index in [-0.39, 0.29) is 5.91 Å². The molecular weight excluding hydrogens is 422 g/mol. The molecular formula is C24H29N5O2S. The first-order chi connectivity index (χ1) is 15.8. The molecule has 1 saturated heterocycles. The van der Waals surface area contributed by atoms with Gasteiger partial charge in [-0.05, 0) is 62.5 Å². The number of carbonyl (C=O) groups is 1. The number of fused-ring (bicyclic) bond motifs is 2. The van der Waals surface area contributed by atoms with Crippen LogP contribution in [-0.4, -0.2) is 60.1 Å². The van der Waals surface area contributed by atoms with Gasteiger partial charge in [0.25, 0.3) is 0 Å². The highest BCUT2D eigenvalue weighted by Crippen LogP contribution is 2.30. The molecule has 0 radical (unpaired) electrons. The van der Waals surface area contributed by atoms with Crippen molar-refractivity contribution in [2.24, 2.45) is 0 Å². The Hall–Kier alpha value is -2.71. The van der Waals surface area contributed by atoms with Gasteiger partial charge in [-0.3, -0.25) is 4.79 Å². The quantitative estimate of drug-likeness (QED) is 0.549. The largest absolute Gasteiger partial charge is 0.478 e. The molecule has 1 amide bonds. The van der Waals surface area contributed by atoms with Gasteiger partial charge >= 0.3 is 0 Å². The number of hydrogen-bond donors (Lipinski definition) is 1. The molecule has 2 aliphatic heterocycles. The number of rotatable bonds is 7. The highest BCUT2D eigenvalue weighted by Gasteiger charge is 2.18. The van der Waals surface area contributed by atoms with Crippen LogP contribution in [0, 0.1) is 0 Å². The first kappa shape index (κ1) is 21.2. The fourth-order valence-electron chi connectivity index (χ4n) is 4.47. The van der Waals surface area contributed by atoms with Gasteiger partial charge in [0, 0.05) is 32.1 Å². The molecule has 0 atom stereocenters. The summed E-state index contributed by atoms with van der Waals surface area (Å²) >= 11 is 1.73. The molecule has 4 heterocycles. The summed E-state index contributed by atoms with van der Waals surface area (Å²) in [6.07, 6.45) is 4.55. The van der Waals surface area contributed by atoms with Gasteiger partial charge < -0.3 is 19.9 Å². The average Bonchev–Trinajstić information content (AvgIpc) is 3.17. The SMILES string of the molecule is O=C1CCc2ccc(OCCCCN3CCCN(c4cccc5ncsc45)CC3)nc2N1. The fourth-order valence-corrected chi connectivity index (χ4v) is 5.30. The number of unbranched alkanes of at least 4 members (excludes halogenated alkanes) is 1. The van der Waals surface area contributed by atoms with Gasteiger partial charge in [0.2, 0.25) is 11.8 Å². The Bertz CT molecular complexity index is 1090. The molecule has 1 fully saturated rings. The van der Waals surface area contributed by atoms with Gasteiger partial charge in [0.15, 0.2) is 0 Å². The molecule has 0 unspecified atom stereocenters. The van der Waals surface area contributed by atoms with Crippen LogP contribution >= 0.6 is 11.3 Å². The van der Waals surface area contributed by atoms with Gasteiger partial charge in [-0.25, -0.2) is 4.98 Å². The number of benzene rings is 1. The van der Waals surface area contributed by atoms with E-state index in [1.165, 1.54) is 16.8 Å². The lowest BCUT2D eigenvalue weighted by molar-refractivity contribution is -0.116. The highest BCUT2D eigenvalue weighted by molar-refractivity contribution is 7.17. The van der Waals surface area contributed by atoms with Crippen molar-refractivity contribution in [3.8, 4) is 5.88 Å². The van der Waals surface area contributed by atoms with E-state index in [0.717, 1.165) is 63.1 Å². The molecule has 2 aliphatic rings. The summed E-state index contributed by atoms with van der Waals surface area (Å²) in [5, 5.41) is 2.83. The number of anilines is 2. The molecule has 0 aliphatic carbocycles. The van der Waals surface area contributed by atoms with Crippen LogP contribution in [0.25, 0.3) is 10.2 Å². The van der Waals surface area contributed by atoms with E-state index in [1.54, 1.807) is 11.3 Å². The zero-order chi connectivity index (χ0) is 21.8. The molecule has 1 aromatic carbocycles. The molecule has 0 saturated carbocycles. The summed E-state index contributed by atoms with van der Waals surface area (Å²) in [4.78, 5) is 25.6. The number of hydrogen-bond acceptors (Lipinski definition) is 7. The van der Waals surface area contributed by atoms with Crippen molar-refractivity contribution in [1.82, 2.24) is 14.9 Å². The number of nitrogens with one attached hydrogen (secondary N) is 1. The third-order valence-electron chi connectivity index (χ3n) is 6.22. The van der Waals surface area contributed by atoms with Gasteiger partial charge in [0.05, 0.1) is 28.0 Å². The number of ether oxygens (including phenoxy) is 1. The van der Waals surface area contributed by atoms with Crippen LogP contribution in [0.2, 0.25) is 0 Å². The van der Waals surface area contributed by atoms with E-state index >= 15 is 0 Å². The number of aromatic nitrogens is 2. The lowest BCUT2D eigenvalue weighted by Crippen LogP contribution is -2.31. The maximum atomic E-state index is 11.6. The number of pyridine rings is 1. The molecule has 32 heavy (non-hydrogen) atoms. The van der Waals surface area contributed by atoms with Crippen LogP contribution in [0.1, 0.15) is 31.2 Å². The number of aryl methyl sites for hydroxylation is 1. The molecule has 1 N–H and O–H groups in total. The second-order valence-corrected chi connectivity index (χ2v) is 9.28. The van der Waals surface area contributed by atoms with Gasteiger partial charge in [-0.1, -0.05) is 6.07 Å². The smallest absolute Gasteiger partial charge is 0.225 e. The fraction of sp³-hybridized carbons (Fsp3) is 0.458. The van der Waals surface area contributed by atoms with Gasteiger partial charge in [0.1, 0.15) is 5.82 Å². The van der Waals surface area contributed by atoms with Crippen LogP contribution < -0.4 is 15.0 Å². The molecule has 2 aromatic heterocycles. The van der Waals surface area contributed by atoms with Gasteiger partial charge in [-0.2, -0.15) is 4.98 Å². The van der Waals surface area contributed by atoms with Crippen molar-refractivity contribution >= 4 is 39.0 Å². The molecule has 0 spiro atoms. The number of nitrogens with zero attached hydrogens (tertiary/aromatic N) is 4. The predicted molar refractivity (Wildman–Crippen MR) is 129 cm³/mol. The van der Waals surface area contributed by atoms with E-state index in [2.05, 4.69) is 43.3 Å². The highest BCUT2D eigenvalue weighted by atomic mass is 32.1. The second kappa shape index (κ2) is 9.83. The Morgan fingerprint density at radius 2 is 2.03 bits per heavy atom. The number of thiazole rings is 1. The van der Waals surface area contributed by atoms with E-state index in [1.807, 2.05) is 17.6 Å². The minimum Gasteiger partial charge on any atom is -0.478 e. The third-order valence-corrected chi connectivity index (χ3v) is 7.08. The Labute approximate surface area is 192 Å². The first-order valence-electron chi connectivity index (χ1n) is 11.5. The van der Waals surface area contributed by atoms with Crippen LogP contribution in [0.3, 0.4) is 0 Å². The summed E-state index contributed by atoms with van der Waals surface area (Å²) in [5.41, 5.74) is 5.45. The van der Waals surface area contributed by atoms with E-state index in [0.29, 0.717) is 24.7 Å². The first-order valence-corrected chi connectivity index (χ1v) is 12.4. The standard InChI is InChI=1S/C24H29N5O2S/c30-21-9-7-18-8-10-22(27-24(18)26-21)31-16-2-1-11-28-12-4-13-29(15-14-28)20-6-3-5-19-23(20)32-17-25-19/h3,5-6,8,10,17H,1-2,4,7,9,11-16H2,(H,26,27,30). The summed E-state index contributed by atoms with van der Waals surface area (Å²) in [6, 6.07) is 10.4. The van der Waals surface area contributed by atoms with Crippen LogP contribution in [-0.2, 0) is 11.2 Å². The van der Waals surface area contributed by atoms with E-state index < -0.39 is 0 Å². The van der Waals surface area contributed by atoms with Gasteiger partial charge in [-0.15, -0.1) is 11.3 Å². The second-order valence-electron chi connectivity index (χ2n) is 8.42. The third kappa shape index (κ3) is 4.86. The maximum absolute atomic E-state index is 11.6. The van der Waals surface area contributed by atoms with Crippen molar-refractivity contribution in [2.45, 2.75) is 32.1 Å². The number of carbonyl (C=O) groups excluding carboxylic acids is 1. The van der Waals surface area contributed by atoms with Crippen molar-refractivity contribution in [3.05, 3.63) is 41.4 Å². The molecule has 168 valence electrons. The Morgan fingerprint density at radius 1 is 1.06 bits per heavy atom. The molecule has 5 rings (SSSR count). The molecule has 0 bridgehead atoms. The zero-order valence-corrected chi connectivity index (χ0v) is 19.1.